The molecule has 0 aliphatic heterocycles. The van der Waals surface area contributed by atoms with Gasteiger partial charge in [-0.3, -0.25) is 0 Å². The Morgan fingerprint density at radius 1 is 0.933 bits per heavy atom. The fraction of sp³-hybridized carbons (Fsp3) is 0.320. The van der Waals surface area contributed by atoms with Crippen LogP contribution in [-0.2, 0) is 0 Å². The van der Waals surface area contributed by atoms with Crippen LogP contribution in [0.2, 0.25) is 0 Å². The van der Waals surface area contributed by atoms with Gasteiger partial charge in [0.25, 0.3) is 5.22 Å². The molecule has 4 nitrogen and oxygen atoms in total. The summed E-state index contributed by atoms with van der Waals surface area (Å²) in [5, 5.41) is 0.697. The number of methoxy groups -OCH3 is 2. The van der Waals surface area contributed by atoms with Crippen LogP contribution in [-0.4, -0.2) is 25.0 Å². The SMILES string of the molecule is COc1ccc(-c2nc(SCC/C=C/CC3CC3)oc2-c2ccc(OC)cc2)cc1. The number of rotatable bonds is 10. The zero-order valence-corrected chi connectivity index (χ0v) is 18.3. The van der Waals surface area contributed by atoms with E-state index in [2.05, 4.69) is 12.2 Å². The Hall–Kier alpha value is -2.66. The molecular weight excluding hydrogens is 394 g/mol. The van der Waals surface area contributed by atoms with Crippen molar-refractivity contribution in [3.8, 4) is 34.1 Å². The smallest absolute Gasteiger partial charge is 0.256 e. The molecule has 1 aromatic heterocycles. The summed E-state index contributed by atoms with van der Waals surface area (Å²) in [5.74, 6) is 4.30. The predicted molar refractivity (Wildman–Crippen MR) is 122 cm³/mol. The van der Waals surface area contributed by atoms with Gasteiger partial charge in [0.1, 0.15) is 17.2 Å². The van der Waals surface area contributed by atoms with Crippen molar-refractivity contribution < 1.29 is 13.9 Å². The van der Waals surface area contributed by atoms with Crippen molar-refractivity contribution in [2.45, 2.75) is 30.9 Å². The zero-order valence-electron chi connectivity index (χ0n) is 17.5. The fourth-order valence-corrected chi connectivity index (χ4v) is 3.95. The summed E-state index contributed by atoms with van der Waals surface area (Å²) in [6.45, 7) is 0. The highest BCUT2D eigenvalue weighted by Crippen LogP contribution is 2.37. The third-order valence-corrected chi connectivity index (χ3v) is 6.03. The van der Waals surface area contributed by atoms with Gasteiger partial charge in [-0.1, -0.05) is 23.9 Å². The second-order valence-corrected chi connectivity index (χ2v) is 8.45. The first-order chi connectivity index (χ1) is 14.8. The van der Waals surface area contributed by atoms with Crippen molar-refractivity contribution in [1.29, 1.82) is 0 Å². The maximum absolute atomic E-state index is 6.20. The minimum absolute atomic E-state index is 0.697. The van der Waals surface area contributed by atoms with E-state index >= 15 is 0 Å². The molecule has 1 aliphatic carbocycles. The number of aromatic nitrogens is 1. The summed E-state index contributed by atoms with van der Waals surface area (Å²) in [7, 11) is 3.34. The Balaban J connectivity index is 1.53. The number of oxazole rings is 1. The number of benzene rings is 2. The molecule has 156 valence electrons. The topological polar surface area (TPSA) is 44.5 Å². The molecule has 0 saturated heterocycles. The van der Waals surface area contributed by atoms with E-state index in [4.69, 9.17) is 18.9 Å². The molecule has 0 atom stereocenters. The fourth-order valence-electron chi connectivity index (χ4n) is 3.22. The van der Waals surface area contributed by atoms with Gasteiger partial charge >= 0.3 is 0 Å². The van der Waals surface area contributed by atoms with Gasteiger partial charge in [-0.2, -0.15) is 0 Å². The van der Waals surface area contributed by atoms with E-state index in [-0.39, 0.29) is 0 Å². The Morgan fingerprint density at radius 3 is 2.17 bits per heavy atom. The van der Waals surface area contributed by atoms with Gasteiger partial charge < -0.3 is 13.9 Å². The quantitative estimate of drug-likeness (QED) is 0.203. The van der Waals surface area contributed by atoms with Crippen LogP contribution in [0.1, 0.15) is 25.7 Å². The molecule has 2 aromatic carbocycles. The molecule has 0 amide bonds. The highest BCUT2D eigenvalue weighted by molar-refractivity contribution is 7.99. The first-order valence-corrected chi connectivity index (χ1v) is 11.3. The standard InChI is InChI=1S/C25H27NO3S/c1-27-21-13-9-19(10-14-21)23-24(20-11-15-22(28-2)16-12-20)29-25(26-23)30-17-5-3-4-6-18-7-8-18/h3-4,9-16,18H,5-8,17H2,1-2H3/b4-3+. The lowest BCUT2D eigenvalue weighted by atomic mass is 10.1. The van der Waals surface area contributed by atoms with E-state index in [9.17, 15) is 0 Å². The van der Waals surface area contributed by atoms with Crippen LogP contribution in [0.25, 0.3) is 22.6 Å². The third-order valence-electron chi connectivity index (χ3n) is 5.17. The number of thioether (sulfide) groups is 1. The summed E-state index contributed by atoms with van der Waals surface area (Å²) in [6, 6.07) is 15.8. The van der Waals surface area contributed by atoms with Crippen LogP contribution in [0.5, 0.6) is 11.5 Å². The number of nitrogens with zero attached hydrogens (tertiary/aromatic N) is 1. The minimum Gasteiger partial charge on any atom is -0.497 e. The summed E-state index contributed by atoms with van der Waals surface area (Å²) in [6.07, 6.45) is 9.65. The van der Waals surface area contributed by atoms with Gasteiger partial charge in [-0.25, -0.2) is 4.98 Å². The third kappa shape index (κ3) is 5.28. The molecule has 1 fully saturated rings. The highest BCUT2D eigenvalue weighted by Gasteiger charge is 2.19. The van der Waals surface area contributed by atoms with Crippen molar-refractivity contribution in [1.82, 2.24) is 4.98 Å². The number of hydrogen-bond donors (Lipinski definition) is 0. The van der Waals surface area contributed by atoms with Gasteiger partial charge in [0.2, 0.25) is 0 Å². The molecule has 1 aliphatic rings. The van der Waals surface area contributed by atoms with Crippen LogP contribution in [0.3, 0.4) is 0 Å². The molecular formula is C25H27NO3S. The molecule has 0 spiro atoms. The van der Waals surface area contributed by atoms with E-state index in [0.717, 1.165) is 52.2 Å². The maximum atomic E-state index is 6.20. The van der Waals surface area contributed by atoms with Gasteiger partial charge in [0, 0.05) is 16.9 Å². The van der Waals surface area contributed by atoms with Crippen molar-refractivity contribution in [2.24, 2.45) is 5.92 Å². The van der Waals surface area contributed by atoms with Crippen molar-refractivity contribution in [2.75, 3.05) is 20.0 Å². The van der Waals surface area contributed by atoms with Crippen molar-refractivity contribution >= 4 is 11.8 Å². The largest absolute Gasteiger partial charge is 0.497 e. The van der Waals surface area contributed by atoms with E-state index < -0.39 is 0 Å². The Labute approximate surface area is 182 Å². The van der Waals surface area contributed by atoms with Crippen LogP contribution < -0.4 is 9.47 Å². The summed E-state index contributed by atoms with van der Waals surface area (Å²) in [4.78, 5) is 4.81. The maximum Gasteiger partial charge on any atom is 0.256 e. The van der Waals surface area contributed by atoms with Crippen molar-refractivity contribution in [3.05, 3.63) is 60.7 Å². The second kappa shape index (κ2) is 9.90. The van der Waals surface area contributed by atoms with Crippen molar-refractivity contribution in [3.63, 3.8) is 0 Å². The summed E-state index contributed by atoms with van der Waals surface area (Å²) < 4.78 is 16.8. The van der Waals surface area contributed by atoms with E-state index in [1.54, 1.807) is 26.0 Å². The van der Waals surface area contributed by atoms with Crippen LogP contribution in [0.4, 0.5) is 0 Å². The zero-order chi connectivity index (χ0) is 20.8. The average Bonchev–Trinajstić information content (AvgIpc) is 3.53. The van der Waals surface area contributed by atoms with E-state index in [0.29, 0.717) is 5.22 Å². The van der Waals surface area contributed by atoms with Crippen LogP contribution >= 0.6 is 11.8 Å². The molecule has 0 radical (unpaired) electrons. The normalized spacial score (nSPS) is 13.7. The minimum atomic E-state index is 0.697. The van der Waals surface area contributed by atoms with Gasteiger partial charge in [0.05, 0.1) is 14.2 Å². The lowest BCUT2D eigenvalue weighted by molar-refractivity contribution is 0.414. The number of hydrogen-bond acceptors (Lipinski definition) is 5. The van der Waals surface area contributed by atoms with Crippen LogP contribution in [0, 0.1) is 5.92 Å². The molecule has 1 heterocycles. The first kappa shape index (κ1) is 20.6. The van der Waals surface area contributed by atoms with E-state index in [1.165, 1.54) is 19.3 Å². The lowest BCUT2D eigenvalue weighted by Crippen LogP contribution is -1.86. The molecule has 1 saturated carbocycles. The van der Waals surface area contributed by atoms with E-state index in [1.807, 2.05) is 48.5 Å². The number of ether oxygens (including phenoxy) is 2. The average molecular weight is 422 g/mol. The Morgan fingerprint density at radius 2 is 1.57 bits per heavy atom. The van der Waals surface area contributed by atoms with Gasteiger partial charge in [-0.05, 0) is 80.1 Å². The monoisotopic (exact) mass is 421 g/mol. The lowest BCUT2D eigenvalue weighted by Gasteiger charge is -2.04. The second-order valence-electron chi connectivity index (χ2n) is 7.40. The summed E-state index contributed by atoms with van der Waals surface area (Å²) >= 11 is 1.66. The predicted octanol–water partition coefficient (Wildman–Crippen LogP) is 6.86. The van der Waals surface area contributed by atoms with Gasteiger partial charge in [0.15, 0.2) is 5.76 Å². The molecule has 0 N–H and O–H groups in total. The highest BCUT2D eigenvalue weighted by atomic mass is 32.2. The molecule has 0 bridgehead atoms. The molecule has 0 unspecified atom stereocenters. The molecule has 5 heteroatoms. The molecule has 4 rings (SSSR count). The summed E-state index contributed by atoms with van der Waals surface area (Å²) in [5.41, 5.74) is 2.82. The Kier molecular flexibility index (Phi) is 6.80. The first-order valence-electron chi connectivity index (χ1n) is 10.3. The number of allylic oxidation sites excluding steroid dienone is 2. The molecule has 3 aromatic rings. The Bertz CT molecular complexity index is 908. The van der Waals surface area contributed by atoms with Gasteiger partial charge in [-0.15, -0.1) is 0 Å². The molecule has 30 heavy (non-hydrogen) atoms. The van der Waals surface area contributed by atoms with Crippen LogP contribution in [0.15, 0.2) is 70.3 Å².